The highest BCUT2D eigenvalue weighted by Gasteiger charge is 2.43. The van der Waals surface area contributed by atoms with Gasteiger partial charge in [0, 0.05) is 10.9 Å². The Labute approximate surface area is 133 Å². The van der Waals surface area contributed by atoms with Gasteiger partial charge in [-0.2, -0.15) is 0 Å². The van der Waals surface area contributed by atoms with Crippen LogP contribution in [0, 0.1) is 5.92 Å². The maximum atomic E-state index is 12.3. The summed E-state index contributed by atoms with van der Waals surface area (Å²) in [6, 6.07) is 14.6. The number of anilines is 1. The van der Waals surface area contributed by atoms with E-state index in [-0.39, 0.29) is 23.3 Å². The molecular formula is C17H15ClN2O2. The van der Waals surface area contributed by atoms with Crippen molar-refractivity contribution in [2.24, 2.45) is 11.7 Å². The lowest BCUT2D eigenvalue weighted by atomic mass is 10.1. The van der Waals surface area contributed by atoms with Gasteiger partial charge in [-0.25, -0.2) is 0 Å². The molecule has 0 saturated heterocycles. The highest BCUT2D eigenvalue weighted by atomic mass is 35.5. The Morgan fingerprint density at radius 3 is 2.55 bits per heavy atom. The van der Waals surface area contributed by atoms with Crippen LogP contribution in [0.5, 0.6) is 0 Å². The molecule has 0 heterocycles. The molecule has 5 heteroatoms. The third-order valence-corrected chi connectivity index (χ3v) is 4.09. The minimum Gasteiger partial charge on any atom is -0.366 e. The molecule has 1 saturated carbocycles. The van der Waals surface area contributed by atoms with E-state index in [1.807, 2.05) is 30.3 Å². The molecule has 1 aliphatic carbocycles. The zero-order valence-corrected chi connectivity index (χ0v) is 12.5. The lowest BCUT2D eigenvalue weighted by Crippen LogP contribution is -2.19. The lowest BCUT2D eigenvalue weighted by molar-refractivity contribution is -0.117. The molecule has 112 valence electrons. The predicted molar refractivity (Wildman–Crippen MR) is 85.9 cm³/mol. The summed E-state index contributed by atoms with van der Waals surface area (Å²) in [5, 5.41) is 3.19. The number of rotatable bonds is 4. The van der Waals surface area contributed by atoms with Gasteiger partial charge in [-0.3, -0.25) is 9.59 Å². The maximum absolute atomic E-state index is 12.3. The SMILES string of the molecule is NC(=O)c1cc(Cl)ccc1NC(=O)[C@@H]1C[C@H]1c1ccccc1. The molecule has 1 aliphatic rings. The van der Waals surface area contributed by atoms with Crippen molar-refractivity contribution in [1.82, 2.24) is 0 Å². The zero-order valence-electron chi connectivity index (χ0n) is 11.8. The second-order valence-electron chi connectivity index (χ2n) is 5.40. The van der Waals surface area contributed by atoms with Crippen LogP contribution in [0.4, 0.5) is 5.69 Å². The number of halogens is 1. The second-order valence-corrected chi connectivity index (χ2v) is 5.84. The van der Waals surface area contributed by atoms with Crippen LogP contribution in [0.25, 0.3) is 0 Å². The average Bonchev–Trinajstić information content (AvgIpc) is 3.30. The second kappa shape index (κ2) is 5.81. The number of nitrogens with one attached hydrogen (secondary N) is 1. The van der Waals surface area contributed by atoms with Gasteiger partial charge < -0.3 is 11.1 Å². The van der Waals surface area contributed by atoms with E-state index >= 15 is 0 Å². The number of benzene rings is 2. The Morgan fingerprint density at radius 2 is 1.86 bits per heavy atom. The molecule has 0 aliphatic heterocycles. The Morgan fingerprint density at radius 1 is 1.14 bits per heavy atom. The molecule has 0 bridgehead atoms. The van der Waals surface area contributed by atoms with Crippen LogP contribution in [0.2, 0.25) is 5.02 Å². The third kappa shape index (κ3) is 2.97. The van der Waals surface area contributed by atoms with Gasteiger partial charge in [0.1, 0.15) is 0 Å². The first-order chi connectivity index (χ1) is 10.6. The van der Waals surface area contributed by atoms with Crippen LogP contribution in [0.15, 0.2) is 48.5 Å². The first-order valence-corrected chi connectivity index (χ1v) is 7.39. The number of primary amides is 1. The molecule has 0 unspecified atom stereocenters. The minimum atomic E-state index is -0.617. The standard InChI is InChI=1S/C17H15ClN2O2/c18-11-6-7-15(14(8-11)16(19)21)20-17(22)13-9-12(13)10-4-2-1-3-5-10/h1-8,12-13H,9H2,(H2,19,21)(H,20,22)/t12-,13+/m0/s1. The van der Waals surface area contributed by atoms with Gasteiger partial charge in [-0.15, -0.1) is 0 Å². The molecule has 2 aromatic carbocycles. The summed E-state index contributed by atoms with van der Waals surface area (Å²) in [6.45, 7) is 0. The Hall–Kier alpha value is -2.33. The van der Waals surface area contributed by atoms with Gasteiger partial charge in [-0.1, -0.05) is 41.9 Å². The molecule has 4 nitrogen and oxygen atoms in total. The van der Waals surface area contributed by atoms with Crippen molar-refractivity contribution in [3.05, 3.63) is 64.7 Å². The lowest BCUT2D eigenvalue weighted by Gasteiger charge is -2.09. The molecule has 3 rings (SSSR count). The monoisotopic (exact) mass is 314 g/mol. The van der Waals surface area contributed by atoms with Crippen molar-refractivity contribution >= 4 is 29.1 Å². The van der Waals surface area contributed by atoms with Crippen molar-refractivity contribution in [1.29, 1.82) is 0 Å². The summed E-state index contributed by atoms with van der Waals surface area (Å²) in [4.78, 5) is 23.8. The van der Waals surface area contributed by atoms with E-state index in [0.717, 1.165) is 12.0 Å². The van der Waals surface area contributed by atoms with E-state index in [1.54, 1.807) is 12.1 Å². The third-order valence-electron chi connectivity index (χ3n) is 3.86. The summed E-state index contributed by atoms with van der Waals surface area (Å²) in [6.07, 6.45) is 0.815. The summed E-state index contributed by atoms with van der Waals surface area (Å²) in [5.41, 5.74) is 7.10. The number of hydrogen-bond donors (Lipinski definition) is 2. The van der Waals surface area contributed by atoms with Crippen LogP contribution >= 0.6 is 11.6 Å². The number of carbonyl (C=O) groups excluding carboxylic acids is 2. The van der Waals surface area contributed by atoms with E-state index in [4.69, 9.17) is 17.3 Å². The molecule has 0 aromatic heterocycles. The van der Waals surface area contributed by atoms with Crippen LogP contribution in [0.3, 0.4) is 0 Å². The van der Waals surface area contributed by atoms with Gasteiger partial charge in [0.2, 0.25) is 5.91 Å². The van der Waals surface area contributed by atoms with Crippen molar-refractivity contribution in [2.45, 2.75) is 12.3 Å². The summed E-state index contributed by atoms with van der Waals surface area (Å²) in [5.74, 6) is -0.545. The average molecular weight is 315 g/mol. The fourth-order valence-electron chi connectivity index (χ4n) is 2.61. The van der Waals surface area contributed by atoms with Crippen LogP contribution in [-0.4, -0.2) is 11.8 Å². The quantitative estimate of drug-likeness (QED) is 0.909. The number of amides is 2. The topological polar surface area (TPSA) is 72.2 Å². The largest absolute Gasteiger partial charge is 0.366 e. The molecule has 22 heavy (non-hydrogen) atoms. The van der Waals surface area contributed by atoms with Gasteiger partial charge in [0.05, 0.1) is 11.3 Å². The number of hydrogen-bond acceptors (Lipinski definition) is 2. The molecule has 1 fully saturated rings. The molecule has 2 amide bonds. The first-order valence-electron chi connectivity index (χ1n) is 7.01. The van der Waals surface area contributed by atoms with Crippen molar-refractivity contribution < 1.29 is 9.59 Å². The smallest absolute Gasteiger partial charge is 0.250 e. The Balaban J connectivity index is 1.73. The summed E-state index contributed by atoms with van der Waals surface area (Å²) >= 11 is 5.86. The van der Waals surface area contributed by atoms with Crippen LogP contribution in [0.1, 0.15) is 28.3 Å². The van der Waals surface area contributed by atoms with E-state index in [1.165, 1.54) is 6.07 Å². The van der Waals surface area contributed by atoms with Gasteiger partial charge in [-0.05, 0) is 36.1 Å². The maximum Gasteiger partial charge on any atom is 0.250 e. The van der Waals surface area contributed by atoms with Gasteiger partial charge in [0.25, 0.3) is 5.91 Å². The van der Waals surface area contributed by atoms with Crippen LogP contribution in [-0.2, 0) is 4.79 Å². The molecule has 0 spiro atoms. The minimum absolute atomic E-state index is 0.0706. The first kappa shape index (κ1) is 14.6. The van der Waals surface area contributed by atoms with E-state index in [0.29, 0.717) is 10.7 Å². The van der Waals surface area contributed by atoms with E-state index in [2.05, 4.69) is 5.32 Å². The number of carbonyl (C=O) groups is 2. The molecular weight excluding hydrogens is 300 g/mol. The van der Waals surface area contributed by atoms with E-state index < -0.39 is 5.91 Å². The van der Waals surface area contributed by atoms with Gasteiger partial charge >= 0.3 is 0 Å². The highest BCUT2D eigenvalue weighted by Crippen LogP contribution is 2.48. The van der Waals surface area contributed by atoms with Crippen molar-refractivity contribution in [3.63, 3.8) is 0 Å². The number of nitrogens with two attached hydrogens (primary N) is 1. The van der Waals surface area contributed by atoms with Crippen molar-refractivity contribution in [2.75, 3.05) is 5.32 Å². The van der Waals surface area contributed by atoms with Crippen LogP contribution < -0.4 is 11.1 Å². The fourth-order valence-corrected chi connectivity index (χ4v) is 2.78. The normalized spacial score (nSPS) is 19.5. The van der Waals surface area contributed by atoms with Crippen molar-refractivity contribution in [3.8, 4) is 0 Å². The summed E-state index contributed by atoms with van der Waals surface area (Å²) in [7, 11) is 0. The molecule has 0 radical (unpaired) electrons. The highest BCUT2D eigenvalue weighted by molar-refractivity contribution is 6.31. The molecule has 2 aromatic rings. The van der Waals surface area contributed by atoms with E-state index in [9.17, 15) is 9.59 Å². The predicted octanol–water partition coefficient (Wildman–Crippen LogP) is 3.18. The Bertz CT molecular complexity index is 731. The zero-order chi connectivity index (χ0) is 15.7. The van der Waals surface area contributed by atoms with Gasteiger partial charge in [0.15, 0.2) is 0 Å². The Kier molecular flexibility index (Phi) is 3.86. The molecule has 2 atom stereocenters. The fraction of sp³-hybridized carbons (Fsp3) is 0.176. The summed E-state index contributed by atoms with van der Waals surface area (Å²) < 4.78 is 0. The molecule has 3 N–H and O–H groups in total.